The number of aliphatic imine (C=N–C) groups is 1. The Morgan fingerprint density at radius 3 is 2.00 bits per heavy atom. The molecule has 2 aromatic carbocycles. The van der Waals surface area contributed by atoms with Gasteiger partial charge in [-0.1, -0.05) is 67.1 Å². The lowest BCUT2D eigenvalue weighted by Gasteiger charge is -2.06. The molecule has 0 saturated carbocycles. The Kier molecular flexibility index (Phi) is 8.28. The molecule has 2 aromatic rings. The maximum Gasteiger partial charge on any atom is 0.129 e. The highest BCUT2D eigenvalue weighted by Gasteiger charge is 2.21. The second-order valence-corrected chi connectivity index (χ2v) is 6.69. The lowest BCUT2D eigenvalue weighted by molar-refractivity contribution is 0.0513. The Hall–Kier alpha value is -2.43. The summed E-state index contributed by atoms with van der Waals surface area (Å²) in [6.07, 6.45) is 4.14. The van der Waals surface area contributed by atoms with Gasteiger partial charge in [-0.05, 0) is 19.8 Å². The number of amidine groups is 1. The summed E-state index contributed by atoms with van der Waals surface area (Å²) in [6.45, 7) is 4.90. The van der Waals surface area contributed by atoms with E-state index in [-0.39, 0.29) is 0 Å². The van der Waals surface area contributed by atoms with Crippen LogP contribution in [0.2, 0.25) is 0 Å². The van der Waals surface area contributed by atoms with Crippen LogP contribution in [0.15, 0.2) is 65.7 Å². The van der Waals surface area contributed by atoms with E-state index < -0.39 is 0 Å². The first-order chi connectivity index (χ1) is 13.9. The van der Waals surface area contributed by atoms with Crippen LogP contribution in [0.1, 0.15) is 43.7 Å². The molecular formula is C24H29N2O2. The summed E-state index contributed by atoms with van der Waals surface area (Å²) in [5.74, 6) is 0.926. The van der Waals surface area contributed by atoms with Gasteiger partial charge >= 0.3 is 0 Å². The fourth-order valence-electron chi connectivity index (χ4n) is 3.12. The van der Waals surface area contributed by atoms with Gasteiger partial charge in [-0.3, -0.25) is 0 Å². The molecule has 3 rings (SSSR count). The molecule has 1 aliphatic heterocycles. The van der Waals surface area contributed by atoms with E-state index in [9.17, 15) is 0 Å². The van der Waals surface area contributed by atoms with Gasteiger partial charge in [0.25, 0.3) is 0 Å². The third-order valence-corrected chi connectivity index (χ3v) is 4.57. The average Bonchev–Trinajstić information content (AvgIpc) is 3.18. The summed E-state index contributed by atoms with van der Waals surface area (Å²) in [5.41, 5.74) is 4.17. The van der Waals surface area contributed by atoms with Crippen LogP contribution in [0.3, 0.4) is 0 Å². The topological polar surface area (TPSA) is 44.9 Å². The van der Waals surface area contributed by atoms with Gasteiger partial charge in [0.1, 0.15) is 5.84 Å². The lowest BCUT2D eigenvalue weighted by atomic mass is 10.1. The highest BCUT2D eigenvalue weighted by molar-refractivity contribution is 6.07. The lowest BCUT2D eigenvalue weighted by Crippen LogP contribution is -2.10. The van der Waals surface area contributed by atoms with Crippen molar-refractivity contribution in [2.24, 2.45) is 4.99 Å². The van der Waals surface area contributed by atoms with E-state index in [2.05, 4.69) is 24.3 Å². The molecule has 0 fully saturated rings. The van der Waals surface area contributed by atoms with Gasteiger partial charge < -0.3 is 9.47 Å². The molecule has 1 aliphatic rings. The predicted octanol–water partition coefficient (Wildman–Crippen LogP) is 5.14. The molecule has 0 saturated heterocycles. The van der Waals surface area contributed by atoms with Crippen molar-refractivity contribution in [2.45, 2.75) is 32.6 Å². The number of benzene rings is 2. The Balaban J connectivity index is 1.51. The van der Waals surface area contributed by atoms with E-state index in [0.717, 1.165) is 67.3 Å². The normalized spacial score (nSPS) is 13.5. The quantitative estimate of drug-likeness (QED) is 0.481. The minimum Gasteiger partial charge on any atom is -0.379 e. The molecule has 1 heterocycles. The minimum absolute atomic E-state index is 0.681. The third kappa shape index (κ3) is 6.04. The SMILES string of the molecule is CCOCCOCCCCCC1=NC(c2ccccc2)=C(c2ccccc2)[N]1. The zero-order valence-corrected chi connectivity index (χ0v) is 16.6. The molecule has 0 aliphatic carbocycles. The van der Waals surface area contributed by atoms with Crippen molar-refractivity contribution < 1.29 is 9.47 Å². The Labute approximate surface area is 168 Å². The zero-order chi connectivity index (χ0) is 19.4. The largest absolute Gasteiger partial charge is 0.379 e. The Bertz CT molecular complexity index is 770. The van der Waals surface area contributed by atoms with Crippen LogP contribution in [0.4, 0.5) is 0 Å². The van der Waals surface area contributed by atoms with Crippen molar-refractivity contribution in [1.29, 1.82) is 0 Å². The van der Waals surface area contributed by atoms with Crippen LogP contribution >= 0.6 is 0 Å². The molecular weight excluding hydrogens is 348 g/mol. The van der Waals surface area contributed by atoms with Gasteiger partial charge in [0.15, 0.2) is 0 Å². The molecule has 0 atom stereocenters. The van der Waals surface area contributed by atoms with Crippen LogP contribution < -0.4 is 5.32 Å². The molecule has 0 amide bonds. The molecule has 0 N–H and O–H groups in total. The van der Waals surface area contributed by atoms with Crippen molar-refractivity contribution in [1.82, 2.24) is 5.32 Å². The Morgan fingerprint density at radius 1 is 0.679 bits per heavy atom. The fraction of sp³-hybridized carbons (Fsp3) is 0.375. The molecule has 4 heteroatoms. The van der Waals surface area contributed by atoms with Gasteiger partial charge in [0.2, 0.25) is 0 Å². The maximum absolute atomic E-state index is 5.57. The average molecular weight is 378 g/mol. The first kappa shape index (κ1) is 20.3. The van der Waals surface area contributed by atoms with Crippen LogP contribution in [0.25, 0.3) is 11.4 Å². The molecule has 1 radical (unpaired) electrons. The highest BCUT2D eigenvalue weighted by atomic mass is 16.5. The number of unbranched alkanes of at least 4 members (excludes halogenated alkanes) is 2. The number of hydrogen-bond donors (Lipinski definition) is 0. The number of nitrogens with zero attached hydrogens (tertiary/aromatic N) is 2. The zero-order valence-electron chi connectivity index (χ0n) is 16.6. The fourth-order valence-corrected chi connectivity index (χ4v) is 3.12. The molecule has 0 spiro atoms. The first-order valence-corrected chi connectivity index (χ1v) is 10.2. The second-order valence-electron chi connectivity index (χ2n) is 6.69. The number of ether oxygens (including phenoxy) is 2. The second kappa shape index (κ2) is 11.4. The summed E-state index contributed by atoms with van der Waals surface area (Å²) in [6, 6.07) is 20.6. The summed E-state index contributed by atoms with van der Waals surface area (Å²) >= 11 is 0. The number of rotatable bonds is 12. The summed E-state index contributed by atoms with van der Waals surface area (Å²) in [7, 11) is 0. The van der Waals surface area contributed by atoms with Crippen molar-refractivity contribution in [3.05, 3.63) is 71.8 Å². The summed E-state index contributed by atoms with van der Waals surface area (Å²) < 4.78 is 10.8. The van der Waals surface area contributed by atoms with Gasteiger partial charge in [0, 0.05) is 30.8 Å². The molecule has 28 heavy (non-hydrogen) atoms. The summed E-state index contributed by atoms with van der Waals surface area (Å²) in [4.78, 5) is 4.87. The molecule has 0 unspecified atom stereocenters. The molecule has 0 aromatic heterocycles. The van der Waals surface area contributed by atoms with Gasteiger partial charge in [0.05, 0.1) is 24.6 Å². The highest BCUT2D eigenvalue weighted by Crippen LogP contribution is 2.31. The third-order valence-electron chi connectivity index (χ3n) is 4.57. The maximum atomic E-state index is 5.57. The standard InChI is InChI=1S/C24H29N2O2/c1-2-27-18-19-28-17-11-5-10-16-22-25-23(20-12-6-3-7-13-20)24(26-22)21-14-8-4-9-15-21/h3-4,6-9,12-15H,2,5,10-11,16-19H2,1H3. The van der Waals surface area contributed by atoms with Crippen molar-refractivity contribution in [3.8, 4) is 0 Å². The van der Waals surface area contributed by atoms with Crippen LogP contribution in [0.5, 0.6) is 0 Å². The van der Waals surface area contributed by atoms with Gasteiger partial charge in [-0.15, -0.1) is 0 Å². The monoisotopic (exact) mass is 377 g/mol. The van der Waals surface area contributed by atoms with Crippen molar-refractivity contribution in [3.63, 3.8) is 0 Å². The molecule has 0 bridgehead atoms. The molecule has 147 valence electrons. The van der Waals surface area contributed by atoms with E-state index in [0.29, 0.717) is 13.2 Å². The molecule has 4 nitrogen and oxygen atoms in total. The van der Waals surface area contributed by atoms with Crippen molar-refractivity contribution in [2.75, 3.05) is 26.4 Å². The smallest absolute Gasteiger partial charge is 0.129 e. The first-order valence-electron chi connectivity index (χ1n) is 10.2. The van der Waals surface area contributed by atoms with E-state index in [4.69, 9.17) is 19.8 Å². The predicted molar refractivity (Wildman–Crippen MR) is 115 cm³/mol. The minimum atomic E-state index is 0.681. The van der Waals surface area contributed by atoms with Crippen LogP contribution in [-0.4, -0.2) is 32.3 Å². The number of hydrogen-bond acceptors (Lipinski definition) is 3. The van der Waals surface area contributed by atoms with E-state index in [1.165, 1.54) is 0 Å². The summed E-state index contributed by atoms with van der Waals surface area (Å²) in [5, 5.41) is 4.87. The van der Waals surface area contributed by atoms with Crippen LogP contribution in [-0.2, 0) is 9.47 Å². The van der Waals surface area contributed by atoms with Gasteiger partial charge in [-0.25, -0.2) is 10.3 Å². The van der Waals surface area contributed by atoms with E-state index in [1.807, 2.05) is 43.3 Å². The van der Waals surface area contributed by atoms with E-state index in [1.54, 1.807) is 0 Å². The van der Waals surface area contributed by atoms with Gasteiger partial charge in [-0.2, -0.15) is 0 Å². The van der Waals surface area contributed by atoms with E-state index >= 15 is 0 Å². The Morgan fingerprint density at radius 2 is 1.32 bits per heavy atom. The van der Waals surface area contributed by atoms with Crippen LogP contribution in [0, 0.1) is 0 Å². The van der Waals surface area contributed by atoms with Crippen molar-refractivity contribution >= 4 is 17.2 Å².